The van der Waals surface area contributed by atoms with Gasteiger partial charge in [0.2, 0.25) is 0 Å². The molecule has 3 rings (SSSR count). The molecule has 132 valence electrons. The quantitative estimate of drug-likeness (QED) is 0.811. The van der Waals surface area contributed by atoms with E-state index in [2.05, 4.69) is 0 Å². The average molecular weight is 379 g/mol. The number of hydrogen-bond acceptors (Lipinski definition) is 3. The highest BCUT2D eigenvalue weighted by atomic mass is 35.5. The lowest BCUT2D eigenvalue weighted by Gasteiger charge is -2.47. The van der Waals surface area contributed by atoms with Crippen molar-refractivity contribution in [1.29, 1.82) is 0 Å². The fraction of sp³-hybridized carbons (Fsp3) is 0.278. The lowest BCUT2D eigenvalue weighted by atomic mass is 9.92. The Morgan fingerprint density at radius 2 is 1.60 bits per heavy atom. The van der Waals surface area contributed by atoms with E-state index < -0.39 is 5.54 Å². The number of carbonyl (C=O) groups excluding carboxylic acids is 1. The molecule has 0 radical (unpaired) electrons. The number of benzene rings is 2. The van der Waals surface area contributed by atoms with Crippen molar-refractivity contribution in [1.82, 2.24) is 9.91 Å². The predicted molar refractivity (Wildman–Crippen MR) is 101 cm³/mol. The Hall–Kier alpha value is -1.79. The monoisotopic (exact) mass is 378 g/mol. The van der Waals surface area contributed by atoms with E-state index in [1.807, 2.05) is 56.3 Å². The van der Waals surface area contributed by atoms with Crippen LogP contribution in [0.2, 0.25) is 10.0 Å². The molecular formula is C18H20Cl2N4O. The summed E-state index contributed by atoms with van der Waals surface area (Å²) in [6, 6.07) is 14.7. The first kappa shape index (κ1) is 18.0. The van der Waals surface area contributed by atoms with Gasteiger partial charge >= 0.3 is 6.03 Å². The van der Waals surface area contributed by atoms with Gasteiger partial charge in [-0.1, -0.05) is 41.4 Å². The van der Waals surface area contributed by atoms with Gasteiger partial charge in [-0.15, -0.1) is 0 Å². The first-order chi connectivity index (χ1) is 11.8. The topological polar surface area (TPSA) is 52.8 Å². The number of amides is 2. The summed E-state index contributed by atoms with van der Waals surface area (Å²) < 4.78 is 0. The summed E-state index contributed by atoms with van der Waals surface area (Å²) in [6.45, 7) is 4.54. The average Bonchev–Trinajstić information content (AvgIpc) is 2.56. The van der Waals surface area contributed by atoms with Gasteiger partial charge in [-0.25, -0.2) is 9.80 Å². The predicted octanol–water partition coefficient (Wildman–Crippen LogP) is 4.26. The number of anilines is 1. The molecule has 2 aromatic rings. The number of nitrogens with zero attached hydrogens (tertiary/aromatic N) is 3. The number of para-hydroxylation sites is 1. The molecule has 25 heavy (non-hydrogen) atoms. The first-order valence-corrected chi connectivity index (χ1v) is 8.65. The molecule has 1 aliphatic heterocycles. The Kier molecular flexibility index (Phi) is 4.93. The standard InChI is InChI=1S/C18H20Cl2N4O/c1-18(2,13-8-14(19)10-15(20)9-13)24-12-22(21)11-23(17(24)25)16-6-4-3-5-7-16/h3-10H,11-12,21H2,1-2H3. The first-order valence-electron chi connectivity index (χ1n) is 7.89. The molecule has 7 heteroatoms. The van der Waals surface area contributed by atoms with Crippen LogP contribution in [0.15, 0.2) is 48.5 Å². The molecule has 2 amide bonds. The number of urea groups is 1. The van der Waals surface area contributed by atoms with Crippen LogP contribution in [0.5, 0.6) is 0 Å². The van der Waals surface area contributed by atoms with Crippen molar-refractivity contribution in [3.05, 3.63) is 64.1 Å². The smallest absolute Gasteiger partial charge is 0.301 e. The molecule has 1 heterocycles. The van der Waals surface area contributed by atoms with Gasteiger partial charge in [0.25, 0.3) is 0 Å². The summed E-state index contributed by atoms with van der Waals surface area (Å²) in [5.41, 5.74) is 1.01. The lowest BCUT2D eigenvalue weighted by molar-refractivity contribution is 0.0541. The van der Waals surface area contributed by atoms with Gasteiger partial charge in [-0.05, 0) is 49.7 Å². The number of nitrogens with two attached hydrogens (primary N) is 1. The second-order valence-electron chi connectivity index (χ2n) is 6.56. The fourth-order valence-corrected chi connectivity index (χ4v) is 3.48. The third-order valence-corrected chi connectivity index (χ3v) is 4.86. The SMILES string of the molecule is CC(C)(c1cc(Cl)cc(Cl)c1)N1CN(N)CN(c2ccccc2)C1=O. The van der Waals surface area contributed by atoms with Gasteiger partial charge in [0, 0.05) is 15.7 Å². The van der Waals surface area contributed by atoms with E-state index in [4.69, 9.17) is 29.0 Å². The van der Waals surface area contributed by atoms with Crippen molar-refractivity contribution >= 4 is 34.9 Å². The molecule has 0 aromatic heterocycles. The molecule has 1 saturated heterocycles. The van der Waals surface area contributed by atoms with Crippen LogP contribution in [0.3, 0.4) is 0 Å². The van der Waals surface area contributed by atoms with Crippen LogP contribution in [-0.4, -0.2) is 29.3 Å². The van der Waals surface area contributed by atoms with Gasteiger partial charge in [0.05, 0.1) is 18.9 Å². The Balaban J connectivity index is 1.98. The highest BCUT2D eigenvalue weighted by molar-refractivity contribution is 6.34. The summed E-state index contributed by atoms with van der Waals surface area (Å²) in [5.74, 6) is 6.10. The number of hydrazine groups is 1. The van der Waals surface area contributed by atoms with Crippen molar-refractivity contribution in [2.75, 3.05) is 18.2 Å². The number of halogens is 2. The van der Waals surface area contributed by atoms with Gasteiger partial charge in [-0.2, -0.15) is 0 Å². The van der Waals surface area contributed by atoms with Crippen molar-refractivity contribution in [3.8, 4) is 0 Å². The van der Waals surface area contributed by atoms with E-state index in [-0.39, 0.29) is 6.03 Å². The lowest BCUT2D eigenvalue weighted by Crippen LogP contribution is -2.64. The molecule has 0 atom stereocenters. The van der Waals surface area contributed by atoms with Crippen molar-refractivity contribution < 1.29 is 4.79 Å². The summed E-state index contributed by atoms with van der Waals surface area (Å²) in [6.07, 6.45) is 0. The van der Waals surface area contributed by atoms with Crippen LogP contribution in [0, 0.1) is 0 Å². The Morgan fingerprint density at radius 1 is 1.00 bits per heavy atom. The Bertz CT molecular complexity index is 762. The molecule has 5 nitrogen and oxygen atoms in total. The molecule has 2 N–H and O–H groups in total. The third kappa shape index (κ3) is 3.60. The van der Waals surface area contributed by atoms with E-state index in [0.29, 0.717) is 23.4 Å². The molecule has 0 unspecified atom stereocenters. The molecule has 0 bridgehead atoms. The maximum Gasteiger partial charge on any atom is 0.327 e. The molecule has 1 fully saturated rings. The van der Waals surface area contributed by atoms with Crippen LogP contribution in [0.25, 0.3) is 0 Å². The van der Waals surface area contributed by atoms with Gasteiger partial charge in [0.1, 0.15) is 0 Å². The second kappa shape index (κ2) is 6.84. The van der Waals surface area contributed by atoms with Crippen LogP contribution in [0.1, 0.15) is 19.4 Å². The van der Waals surface area contributed by atoms with E-state index in [0.717, 1.165) is 11.3 Å². The fourth-order valence-electron chi connectivity index (χ4n) is 2.95. The minimum atomic E-state index is -0.642. The van der Waals surface area contributed by atoms with E-state index in [1.54, 1.807) is 20.9 Å². The molecular weight excluding hydrogens is 359 g/mol. The molecule has 0 aliphatic carbocycles. The highest BCUT2D eigenvalue weighted by Crippen LogP contribution is 2.34. The van der Waals surface area contributed by atoms with Crippen molar-refractivity contribution in [3.63, 3.8) is 0 Å². The number of rotatable bonds is 3. The second-order valence-corrected chi connectivity index (χ2v) is 7.44. The summed E-state index contributed by atoms with van der Waals surface area (Å²) in [5, 5.41) is 2.66. The van der Waals surface area contributed by atoms with Gasteiger partial charge < -0.3 is 4.90 Å². The maximum absolute atomic E-state index is 13.2. The van der Waals surface area contributed by atoms with Gasteiger partial charge in [-0.3, -0.25) is 10.7 Å². The third-order valence-electron chi connectivity index (χ3n) is 4.42. The Morgan fingerprint density at radius 3 is 2.20 bits per heavy atom. The zero-order valence-corrected chi connectivity index (χ0v) is 15.6. The van der Waals surface area contributed by atoms with Crippen LogP contribution in [-0.2, 0) is 5.54 Å². The molecule has 2 aromatic carbocycles. The van der Waals surface area contributed by atoms with E-state index >= 15 is 0 Å². The van der Waals surface area contributed by atoms with Crippen LogP contribution < -0.4 is 10.7 Å². The molecule has 0 spiro atoms. The summed E-state index contributed by atoms with van der Waals surface area (Å²) in [4.78, 5) is 16.5. The number of hydrogen-bond donors (Lipinski definition) is 1. The van der Waals surface area contributed by atoms with Crippen LogP contribution >= 0.6 is 23.2 Å². The minimum Gasteiger partial charge on any atom is -0.301 e. The normalized spacial score (nSPS) is 16.4. The summed E-state index contributed by atoms with van der Waals surface area (Å²) in [7, 11) is 0. The minimum absolute atomic E-state index is 0.117. The van der Waals surface area contributed by atoms with Crippen molar-refractivity contribution in [2.45, 2.75) is 19.4 Å². The van der Waals surface area contributed by atoms with E-state index in [9.17, 15) is 4.79 Å². The molecule has 1 aliphatic rings. The maximum atomic E-state index is 13.2. The zero-order valence-electron chi connectivity index (χ0n) is 14.1. The van der Waals surface area contributed by atoms with Crippen LogP contribution in [0.4, 0.5) is 10.5 Å². The van der Waals surface area contributed by atoms with Gasteiger partial charge in [0.15, 0.2) is 0 Å². The summed E-state index contributed by atoms with van der Waals surface area (Å²) >= 11 is 12.3. The zero-order chi connectivity index (χ0) is 18.2. The number of carbonyl (C=O) groups is 1. The largest absolute Gasteiger partial charge is 0.327 e. The Labute approximate surface area is 157 Å². The van der Waals surface area contributed by atoms with E-state index in [1.165, 1.54) is 0 Å². The highest BCUT2D eigenvalue weighted by Gasteiger charge is 2.40. The van der Waals surface area contributed by atoms with Crippen molar-refractivity contribution in [2.24, 2.45) is 5.84 Å². The molecule has 0 saturated carbocycles.